The molecule has 0 saturated heterocycles. The van der Waals surface area contributed by atoms with E-state index in [0.717, 1.165) is 21.2 Å². The van der Waals surface area contributed by atoms with E-state index in [1.165, 1.54) is 6.07 Å². The van der Waals surface area contributed by atoms with E-state index < -0.39 is 0 Å². The van der Waals surface area contributed by atoms with Gasteiger partial charge >= 0.3 is 5.69 Å². The van der Waals surface area contributed by atoms with Crippen molar-refractivity contribution in [1.29, 1.82) is 0 Å². The Kier molecular flexibility index (Phi) is 5.76. The third kappa shape index (κ3) is 4.18. The van der Waals surface area contributed by atoms with E-state index in [2.05, 4.69) is 31.2 Å². The summed E-state index contributed by atoms with van der Waals surface area (Å²) in [4.78, 5) is 16.9. The second kappa shape index (κ2) is 8.62. The van der Waals surface area contributed by atoms with Gasteiger partial charge in [-0.1, -0.05) is 34.1 Å². The number of rotatable bonds is 7. The first-order valence-corrected chi connectivity index (χ1v) is 10.0. The standard InChI is InChI=1S/C22H19BrFN3O3/c1-29-20-9-7-16(23)15(21(20)30-12-13-4-2-3-5-17(13)24)11-25-14-6-8-18-19(10-14)27-22(28)26-18/h2-10,25H,11-12H2,1H3,(H2,26,27,28). The van der Waals surface area contributed by atoms with Crippen LogP contribution in [0.2, 0.25) is 0 Å². The summed E-state index contributed by atoms with van der Waals surface area (Å²) in [5.41, 5.74) is 3.32. The van der Waals surface area contributed by atoms with Gasteiger partial charge in [0.05, 0.1) is 18.1 Å². The molecule has 0 atom stereocenters. The minimum Gasteiger partial charge on any atom is -0.493 e. The van der Waals surface area contributed by atoms with Crippen LogP contribution < -0.4 is 20.5 Å². The van der Waals surface area contributed by atoms with E-state index in [1.807, 2.05) is 24.3 Å². The predicted molar refractivity (Wildman–Crippen MR) is 118 cm³/mol. The fourth-order valence-electron chi connectivity index (χ4n) is 3.16. The summed E-state index contributed by atoms with van der Waals surface area (Å²) in [6.07, 6.45) is 0. The molecule has 1 heterocycles. The molecule has 0 spiro atoms. The largest absolute Gasteiger partial charge is 0.493 e. The third-order valence-corrected chi connectivity index (χ3v) is 5.45. The van der Waals surface area contributed by atoms with Crippen LogP contribution in [0.3, 0.4) is 0 Å². The molecular formula is C22H19BrFN3O3. The van der Waals surface area contributed by atoms with Gasteiger partial charge in [-0.3, -0.25) is 0 Å². The smallest absolute Gasteiger partial charge is 0.323 e. The second-order valence-corrected chi connectivity index (χ2v) is 7.48. The number of hydrogen-bond donors (Lipinski definition) is 3. The molecule has 3 aromatic carbocycles. The number of anilines is 1. The second-order valence-electron chi connectivity index (χ2n) is 6.63. The van der Waals surface area contributed by atoms with Crippen molar-refractivity contribution >= 4 is 32.7 Å². The van der Waals surface area contributed by atoms with Crippen LogP contribution in [-0.2, 0) is 13.2 Å². The van der Waals surface area contributed by atoms with Gasteiger partial charge in [0.1, 0.15) is 12.4 Å². The average Bonchev–Trinajstić information content (AvgIpc) is 3.11. The highest BCUT2D eigenvalue weighted by molar-refractivity contribution is 9.10. The lowest BCUT2D eigenvalue weighted by atomic mass is 10.1. The molecule has 0 aliphatic carbocycles. The summed E-state index contributed by atoms with van der Waals surface area (Å²) in [6.45, 7) is 0.494. The summed E-state index contributed by atoms with van der Waals surface area (Å²) >= 11 is 3.57. The summed E-state index contributed by atoms with van der Waals surface area (Å²) in [7, 11) is 1.56. The zero-order chi connectivity index (χ0) is 21.1. The van der Waals surface area contributed by atoms with Crippen LogP contribution in [0.5, 0.6) is 11.5 Å². The van der Waals surface area contributed by atoms with E-state index in [9.17, 15) is 9.18 Å². The molecule has 30 heavy (non-hydrogen) atoms. The van der Waals surface area contributed by atoms with Crippen LogP contribution in [0.1, 0.15) is 11.1 Å². The van der Waals surface area contributed by atoms with Crippen LogP contribution in [0.4, 0.5) is 10.1 Å². The topological polar surface area (TPSA) is 79.1 Å². The van der Waals surface area contributed by atoms with Gasteiger partial charge in [0.25, 0.3) is 0 Å². The molecule has 4 aromatic rings. The van der Waals surface area contributed by atoms with Gasteiger partial charge in [0.15, 0.2) is 11.5 Å². The number of aromatic nitrogens is 2. The normalized spacial score (nSPS) is 10.9. The van der Waals surface area contributed by atoms with Crippen molar-refractivity contribution in [2.24, 2.45) is 0 Å². The number of nitrogens with one attached hydrogen (secondary N) is 3. The fourth-order valence-corrected chi connectivity index (χ4v) is 3.62. The molecule has 154 valence electrons. The molecule has 1 aromatic heterocycles. The Hall–Kier alpha value is -3.26. The molecule has 6 nitrogen and oxygen atoms in total. The number of fused-ring (bicyclic) bond motifs is 1. The number of hydrogen-bond acceptors (Lipinski definition) is 4. The van der Waals surface area contributed by atoms with Crippen LogP contribution in [0.15, 0.2) is 63.9 Å². The van der Waals surface area contributed by atoms with Crippen LogP contribution in [0.25, 0.3) is 11.0 Å². The van der Waals surface area contributed by atoms with Crippen molar-refractivity contribution in [3.05, 3.63) is 86.5 Å². The van der Waals surface area contributed by atoms with E-state index in [-0.39, 0.29) is 18.1 Å². The maximum absolute atomic E-state index is 14.0. The lowest BCUT2D eigenvalue weighted by Crippen LogP contribution is -2.07. The first kappa shape index (κ1) is 20.0. The first-order chi connectivity index (χ1) is 14.5. The highest BCUT2D eigenvalue weighted by Gasteiger charge is 2.16. The predicted octanol–water partition coefficient (Wildman–Crippen LogP) is 4.96. The van der Waals surface area contributed by atoms with Crippen molar-refractivity contribution < 1.29 is 13.9 Å². The summed E-state index contributed by atoms with van der Waals surface area (Å²) in [6, 6.07) is 15.7. The molecule has 0 radical (unpaired) electrons. The number of benzene rings is 3. The van der Waals surface area contributed by atoms with E-state index in [0.29, 0.717) is 29.1 Å². The highest BCUT2D eigenvalue weighted by atomic mass is 79.9. The van der Waals surface area contributed by atoms with Gasteiger partial charge in [-0.25, -0.2) is 9.18 Å². The fraction of sp³-hybridized carbons (Fsp3) is 0.136. The third-order valence-electron chi connectivity index (χ3n) is 4.70. The molecule has 0 unspecified atom stereocenters. The maximum atomic E-state index is 14.0. The van der Waals surface area contributed by atoms with Crippen molar-refractivity contribution in [3.8, 4) is 11.5 Å². The van der Waals surface area contributed by atoms with Crippen LogP contribution in [0, 0.1) is 5.82 Å². The molecule has 0 amide bonds. The van der Waals surface area contributed by atoms with Gasteiger partial charge in [0, 0.05) is 27.8 Å². The summed E-state index contributed by atoms with van der Waals surface area (Å²) in [5, 5.41) is 3.33. The number of H-pyrrole nitrogens is 2. The highest BCUT2D eigenvalue weighted by Crippen LogP contribution is 2.37. The van der Waals surface area contributed by atoms with Crippen LogP contribution >= 0.6 is 15.9 Å². The Morgan fingerprint density at radius 2 is 1.87 bits per heavy atom. The molecule has 0 aliphatic heterocycles. The van der Waals surface area contributed by atoms with Gasteiger partial charge in [0.2, 0.25) is 0 Å². The lowest BCUT2D eigenvalue weighted by molar-refractivity contribution is 0.276. The maximum Gasteiger partial charge on any atom is 0.323 e. The molecule has 0 saturated carbocycles. The Balaban J connectivity index is 1.59. The summed E-state index contributed by atoms with van der Waals surface area (Å²) < 4.78 is 26.3. The monoisotopic (exact) mass is 471 g/mol. The molecule has 3 N–H and O–H groups in total. The molecule has 4 rings (SSSR count). The molecule has 0 fully saturated rings. The Morgan fingerprint density at radius 3 is 2.67 bits per heavy atom. The lowest BCUT2D eigenvalue weighted by Gasteiger charge is -2.18. The van der Waals surface area contributed by atoms with E-state index in [4.69, 9.17) is 9.47 Å². The SMILES string of the molecule is COc1ccc(Br)c(CNc2ccc3[nH]c(=O)[nH]c3c2)c1OCc1ccccc1F. The van der Waals surface area contributed by atoms with Crippen molar-refractivity contribution in [3.63, 3.8) is 0 Å². The number of methoxy groups -OCH3 is 1. The molecular weight excluding hydrogens is 453 g/mol. The molecule has 0 aliphatic rings. The Morgan fingerprint density at radius 1 is 1.07 bits per heavy atom. The minimum absolute atomic E-state index is 0.0725. The number of halogens is 2. The average molecular weight is 472 g/mol. The summed E-state index contributed by atoms with van der Waals surface area (Å²) in [5.74, 6) is 0.760. The van der Waals surface area contributed by atoms with Crippen molar-refractivity contribution in [1.82, 2.24) is 9.97 Å². The van der Waals surface area contributed by atoms with E-state index in [1.54, 1.807) is 31.4 Å². The quantitative estimate of drug-likeness (QED) is 0.356. The van der Waals surface area contributed by atoms with E-state index >= 15 is 0 Å². The Bertz CT molecular complexity index is 1250. The van der Waals surface area contributed by atoms with Gasteiger partial charge in [-0.2, -0.15) is 0 Å². The number of aromatic amines is 2. The van der Waals surface area contributed by atoms with Gasteiger partial charge in [-0.15, -0.1) is 0 Å². The first-order valence-electron chi connectivity index (χ1n) is 9.22. The molecule has 0 bridgehead atoms. The number of imidazole rings is 1. The van der Waals surface area contributed by atoms with Crippen molar-refractivity contribution in [2.75, 3.05) is 12.4 Å². The molecule has 8 heteroatoms. The Labute approximate surface area is 180 Å². The minimum atomic E-state index is -0.320. The zero-order valence-electron chi connectivity index (χ0n) is 16.1. The van der Waals surface area contributed by atoms with Crippen LogP contribution in [-0.4, -0.2) is 17.1 Å². The zero-order valence-corrected chi connectivity index (χ0v) is 17.7. The van der Waals surface area contributed by atoms with Gasteiger partial charge in [-0.05, 0) is 36.4 Å². The number of ether oxygens (including phenoxy) is 2. The van der Waals surface area contributed by atoms with Gasteiger partial charge < -0.3 is 24.8 Å². The van der Waals surface area contributed by atoms with Crippen molar-refractivity contribution in [2.45, 2.75) is 13.2 Å².